The molecule has 5 N–H and O–H groups in total. The normalized spacial score (nSPS) is 14.9. The molecule has 20 heavy (non-hydrogen) atoms. The summed E-state index contributed by atoms with van der Waals surface area (Å²) in [6.45, 7) is 0.586. The SMILES string of the molecule is NC(=O)c1cc(N(CCCO)C2CCC2)c(F)cc1N. The number of aliphatic hydroxyl groups excluding tert-OH is 1. The van der Waals surface area contributed by atoms with Gasteiger partial charge < -0.3 is 21.5 Å². The molecule has 0 spiro atoms. The molecule has 0 atom stereocenters. The van der Waals surface area contributed by atoms with Gasteiger partial charge in [0.1, 0.15) is 5.82 Å². The molecule has 1 aliphatic carbocycles. The molecule has 0 aliphatic heterocycles. The maximum Gasteiger partial charge on any atom is 0.250 e. The third-order valence-electron chi connectivity index (χ3n) is 3.77. The summed E-state index contributed by atoms with van der Waals surface area (Å²) in [5.74, 6) is -1.13. The van der Waals surface area contributed by atoms with E-state index in [0.29, 0.717) is 18.7 Å². The highest BCUT2D eigenvalue weighted by Crippen LogP contribution is 2.33. The summed E-state index contributed by atoms with van der Waals surface area (Å²) in [4.78, 5) is 13.2. The van der Waals surface area contributed by atoms with Crippen LogP contribution in [0.3, 0.4) is 0 Å². The van der Waals surface area contributed by atoms with E-state index in [1.807, 2.05) is 4.90 Å². The number of primary amides is 1. The molecule has 0 bridgehead atoms. The van der Waals surface area contributed by atoms with Crippen molar-refractivity contribution in [3.63, 3.8) is 0 Å². The van der Waals surface area contributed by atoms with Crippen LogP contribution >= 0.6 is 0 Å². The molecule has 1 amide bonds. The standard InChI is InChI=1S/C14H20FN3O2/c15-11-8-12(16)10(14(17)20)7-13(11)18(5-2-6-19)9-3-1-4-9/h7-9,19H,1-6,16H2,(H2,17,20). The van der Waals surface area contributed by atoms with Crippen molar-refractivity contribution in [1.29, 1.82) is 0 Å². The topological polar surface area (TPSA) is 92.6 Å². The highest BCUT2D eigenvalue weighted by molar-refractivity contribution is 5.99. The van der Waals surface area contributed by atoms with Crippen LogP contribution in [0.5, 0.6) is 0 Å². The van der Waals surface area contributed by atoms with Crippen LogP contribution in [0.15, 0.2) is 12.1 Å². The number of carbonyl (C=O) groups excluding carboxylic acids is 1. The highest BCUT2D eigenvalue weighted by Gasteiger charge is 2.27. The van der Waals surface area contributed by atoms with E-state index < -0.39 is 11.7 Å². The number of benzene rings is 1. The number of hydrogen-bond donors (Lipinski definition) is 3. The Morgan fingerprint density at radius 3 is 2.65 bits per heavy atom. The first-order valence-corrected chi connectivity index (χ1v) is 6.81. The monoisotopic (exact) mass is 281 g/mol. The molecule has 0 heterocycles. The van der Waals surface area contributed by atoms with Gasteiger partial charge in [-0.25, -0.2) is 4.39 Å². The fourth-order valence-corrected chi connectivity index (χ4v) is 2.45. The van der Waals surface area contributed by atoms with Crippen molar-refractivity contribution in [3.05, 3.63) is 23.5 Å². The summed E-state index contributed by atoms with van der Waals surface area (Å²) < 4.78 is 14.2. The van der Waals surface area contributed by atoms with Crippen molar-refractivity contribution in [2.75, 3.05) is 23.8 Å². The number of amides is 1. The molecule has 0 saturated heterocycles. The van der Waals surface area contributed by atoms with Crippen LogP contribution in [-0.4, -0.2) is 30.2 Å². The Balaban J connectivity index is 2.35. The molecule has 0 radical (unpaired) electrons. The first-order valence-electron chi connectivity index (χ1n) is 6.81. The van der Waals surface area contributed by atoms with Gasteiger partial charge in [0, 0.05) is 24.9 Å². The Hall–Kier alpha value is -1.82. The van der Waals surface area contributed by atoms with Crippen molar-refractivity contribution >= 4 is 17.3 Å². The molecule has 1 fully saturated rings. The van der Waals surface area contributed by atoms with Gasteiger partial charge in [-0.2, -0.15) is 0 Å². The lowest BCUT2D eigenvalue weighted by Gasteiger charge is -2.39. The van der Waals surface area contributed by atoms with Gasteiger partial charge in [0.15, 0.2) is 0 Å². The second kappa shape index (κ2) is 6.09. The van der Waals surface area contributed by atoms with Crippen LogP contribution in [0.2, 0.25) is 0 Å². The minimum atomic E-state index is -0.667. The second-order valence-corrected chi connectivity index (χ2v) is 5.11. The summed E-state index contributed by atoms with van der Waals surface area (Å²) in [7, 11) is 0. The lowest BCUT2D eigenvalue weighted by molar-refractivity contribution is 0.100. The molecule has 1 saturated carbocycles. The van der Waals surface area contributed by atoms with Crippen molar-refractivity contribution < 1.29 is 14.3 Å². The van der Waals surface area contributed by atoms with Crippen molar-refractivity contribution in [2.45, 2.75) is 31.7 Å². The van der Waals surface area contributed by atoms with Gasteiger partial charge in [-0.1, -0.05) is 0 Å². The minimum absolute atomic E-state index is 0.0441. The van der Waals surface area contributed by atoms with Crippen LogP contribution < -0.4 is 16.4 Å². The lowest BCUT2D eigenvalue weighted by atomic mass is 9.90. The van der Waals surface area contributed by atoms with Gasteiger partial charge >= 0.3 is 0 Å². The zero-order valence-corrected chi connectivity index (χ0v) is 11.3. The number of aliphatic hydroxyl groups is 1. The fraction of sp³-hybridized carbons (Fsp3) is 0.500. The molecule has 6 heteroatoms. The van der Waals surface area contributed by atoms with E-state index in [2.05, 4.69) is 0 Å². The molecule has 0 unspecified atom stereocenters. The number of nitrogens with two attached hydrogens (primary N) is 2. The molecule has 1 aromatic carbocycles. The third kappa shape index (κ3) is 2.85. The first-order chi connectivity index (χ1) is 9.54. The Bertz CT molecular complexity index is 503. The second-order valence-electron chi connectivity index (χ2n) is 5.11. The third-order valence-corrected chi connectivity index (χ3v) is 3.77. The summed E-state index contributed by atoms with van der Waals surface area (Å²) in [5, 5.41) is 8.98. The van der Waals surface area contributed by atoms with Crippen molar-refractivity contribution in [3.8, 4) is 0 Å². The zero-order valence-electron chi connectivity index (χ0n) is 11.3. The largest absolute Gasteiger partial charge is 0.398 e. The summed E-state index contributed by atoms with van der Waals surface area (Å²) in [5.41, 5.74) is 11.4. The summed E-state index contributed by atoms with van der Waals surface area (Å²) in [6.07, 6.45) is 3.63. The number of hydrogen-bond acceptors (Lipinski definition) is 4. The maximum atomic E-state index is 14.2. The van der Waals surface area contributed by atoms with E-state index in [0.717, 1.165) is 25.3 Å². The molecule has 1 aromatic rings. The number of halogens is 1. The summed E-state index contributed by atoms with van der Waals surface area (Å²) in [6, 6.07) is 2.81. The van der Waals surface area contributed by atoms with Crippen molar-refractivity contribution in [1.82, 2.24) is 0 Å². The van der Waals surface area contributed by atoms with Gasteiger partial charge in [0.2, 0.25) is 0 Å². The first kappa shape index (κ1) is 14.6. The van der Waals surface area contributed by atoms with Gasteiger partial charge in [-0.3, -0.25) is 4.79 Å². The zero-order chi connectivity index (χ0) is 14.7. The van der Waals surface area contributed by atoms with E-state index in [1.165, 1.54) is 6.07 Å². The molecule has 2 rings (SSSR count). The van der Waals surface area contributed by atoms with E-state index in [4.69, 9.17) is 16.6 Å². The molecule has 0 aromatic heterocycles. The van der Waals surface area contributed by atoms with E-state index in [-0.39, 0.29) is 23.9 Å². The maximum absolute atomic E-state index is 14.2. The van der Waals surface area contributed by atoms with E-state index in [9.17, 15) is 9.18 Å². The Kier molecular flexibility index (Phi) is 4.44. The Labute approximate surface area is 117 Å². The quantitative estimate of drug-likeness (QED) is 0.684. The van der Waals surface area contributed by atoms with Crippen LogP contribution in [0.1, 0.15) is 36.0 Å². The molecular formula is C14H20FN3O2. The Morgan fingerprint density at radius 2 is 2.15 bits per heavy atom. The van der Waals surface area contributed by atoms with Crippen LogP contribution in [0, 0.1) is 5.82 Å². The number of rotatable bonds is 6. The molecular weight excluding hydrogens is 261 g/mol. The predicted octanol–water partition coefficient (Wildman–Crippen LogP) is 1.25. The van der Waals surface area contributed by atoms with E-state index >= 15 is 0 Å². The smallest absolute Gasteiger partial charge is 0.250 e. The number of carbonyl (C=O) groups is 1. The van der Waals surface area contributed by atoms with E-state index in [1.54, 1.807) is 0 Å². The molecule has 1 aliphatic rings. The average Bonchev–Trinajstić information content (AvgIpc) is 2.32. The van der Waals surface area contributed by atoms with Gasteiger partial charge in [0.25, 0.3) is 5.91 Å². The Morgan fingerprint density at radius 1 is 1.45 bits per heavy atom. The van der Waals surface area contributed by atoms with Gasteiger partial charge in [0.05, 0.1) is 11.3 Å². The van der Waals surface area contributed by atoms with Crippen LogP contribution in [-0.2, 0) is 0 Å². The van der Waals surface area contributed by atoms with Gasteiger partial charge in [-0.05, 0) is 37.8 Å². The predicted molar refractivity (Wildman–Crippen MR) is 76.0 cm³/mol. The van der Waals surface area contributed by atoms with Crippen LogP contribution in [0.4, 0.5) is 15.8 Å². The molecule has 5 nitrogen and oxygen atoms in total. The van der Waals surface area contributed by atoms with Crippen molar-refractivity contribution in [2.24, 2.45) is 5.73 Å². The number of nitrogens with zero attached hydrogens (tertiary/aromatic N) is 1. The molecule has 110 valence electrons. The fourth-order valence-electron chi connectivity index (χ4n) is 2.45. The average molecular weight is 281 g/mol. The van der Waals surface area contributed by atoms with Gasteiger partial charge in [-0.15, -0.1) is 0 Å². The highest BCUT2D eigenvalue weighted by atomic mass is 19.1. The number of anilines is 2. The summed E-state index contributed by atoms with van der Waals surface area (Å²) >= 11 is 0. The number of nitrogen functional groups attached to an aromatic ring is 1. The minimum Gasteiger partial charge on any atom is -0.398 e. The van der Waals surface area contributed by atoms with Crippen LogP contribution in [0.25, 0.3) is 0 Å². The lowest BCUT2D eigenvalue weighted by Crippen LogP contribution is -2.41.